The van der Waals surface area contributed by atoms with Gasteiger partial charge in [-0.25, -0.2) is 4.39 Å². The fourth-order valence-corrected chi connectivity index (χ4v) is 3.63. The maximum atomic E-state index is 13.8. The van der Waals surface area contributed by atoms with Crippen LogP contribution in [0.5, 0.6) is 0 Å². The van der Waals surface area contributed by atoms with Crippen molar-refractivity contribution < 1.29 is 14.3 Å². The van der Waals surface area contributed by atoms with Gasteiger partial charge in [0.1, 0.15) is 5.82 Å². The molecule has 27 heavy (non-hydrogen) atoms. The number of aliphatic hydroxyl groups is 1. The number of halogens is 1. The summed E-state index contributed by atoms with van der Waals surface area (Å²) in [5, 5.41) is 12.8. The minimum atomic E-state index is -0.256. The average Bonchev–Trinajstić information content (AvgIpc) is 2.61. The predicted molar refractivity (Wildman–Crippen MR) is 104 cm³/mol. The molecule has 1 fully saturated rings. The van der Waals surface area contributed by atoms with Crippen molar-refractivity contribution in [1.82, 2.24) is 10.2 Å². The van der Waals surface area contributed by atoms with Crippen LogP contribution in [0.1, 0.15) is 24.0 Å². The zero-order valence-electron chi connectivity index (χ0n) is 15.6. The molecule has 1 atom stereocenters. The maximum Gasteiger partial charge on any atom is 0.234 e. The summed E-state index contributed by atoms with van der Waals surface area (Å²) in [6.45, 7) is 0.584. The van der Waals surface area contributed by atoms with Crippen molar-refractivity contribution in [3.05, 3.63) is 71.5 Å². The lowest BCUT2D eigenvalue weighted by Crippen LogP contribution is -2.50. The molecule has 3 rings (SSSR count). The Labute approximate surface area is 160 Å². The van der Waals surface area contributed by atoms with Crippen molar-refractivity contribution in [2.24, 2.45) is 5.92 Å². The monoisotopic (exact) mass is 370 g/mol. The van der Waals surface area contributed by atoms with Gasteiger partial charge in [0.05, 0.1) is 12.6 Å². The zero-order valence-corrected chi connectivity index (χ0v) is 15.6. The summed E-state index contributed by atoms with van der Waals surface area (Å²) in [6.07, 6.45) is 1.95. The van der Waals surface area contributed by atoms with Gasteiger partial charge in [-0.2, -0.15) is 0 Å². The van der Waals surface area contributed by atoms with E-state index >= 15 is 0 Å². The molecule has 0 spiro atoms. The Balaban J connectivity index is 1.56. The number of hydrogen-bond acceptors (Lipinski definition) is 3. The minimum absolute atomic E-state index is 0.00478. The molecule has 0 heterocycles. The third-order valence-corrected chi connectivity index (χ3v) is 5.18. The second kappa shape index (κ2) is 9.11. The number of carbonyl (C=O) groups is 1. The number of hydrogen-bond donors (Lipinski definition) is 2. The summed E-state index contributed by atoms with van der Waals surface area (Å²) < 4.78 is 13.8. The Bertz CT molecular complexity index is 747. The first kappa shape index (κ1) is 19.5. The standard InChI is InChI=1S/C22H27FN2O2/c1-25(14-17-9-5-6-10-20(17)23)15-22(27)24-21(18-12-19(26)13-18)11-16-7-3-2-4-8-16/h2-10,18-19,21,26H,11-15H2,1H3,(H,24,27)/t18?,19?,21-/m0/s1. The van der Waals surface area contributed by atoms with E-state index in [0.29, 0.717) is 18.0 Å². The van der Waals surface area contributed by atoms with Crippen LogP contribution in [0, 0.1) is 11.7 Å². The number of amides is 1. The molecule has 0 aliphatic heterocycles. The highest BCUT2D eigenvalue weighted by molar-refractivity contribution is 5.78. The molecule has 1 aliphatic rings. The molecule has 4 nitrogen and oxygen atoms in total. The van der Waals surface area contributed by atoms with Crippen molar-refractivity contribution >= 4 is 5.91 Å². The average molecular weight is 370 g/mol. The summed E-state index contributed by atoms with van der Waals surface area (Å²) in [6, 6.07) is 16.7. The van der Waals surface area contributed by atoms with Crippen LogP contribution < -0.4 is 5.32 Å². The summed E-state index contributed by atoms with van der Waals surface area (Å²) >= 11 is 0. The van der Waals surface area contributed by atoms with Crippen LogP contribution in [0.4, 0.5) is 4.39 Å². The molecule has 1 saturated carbocycles. The topological polar surface area (TPSA) is 52.6 Å². The smallest absolute Gasteiger partial charge is 0.234 e. The van der Waals surface area contributed by atoms with E-state index in [-0.39, 0.29) is 30.4 Å². The molecule has 0 unspecified atom stereocenters. The minimum Gasteiger partial charge on any atom is -0.393 e. The van der Waals surface area contributed by atoms with Crippen LogP contribution in [0.2, 0.25) is 0 Å². The fourth-order valence-electron chi connectivity index (χ4n) is 3.63. The van der Waals surface area contributed by atoms with Crippen LogP contribution in [0.25, 0.3) is 0 Å². The van der Waals surface area contributed by atoms with Gasteiger partial charge in [0.2, 0.25) is 5.91 Å². The SMILES string of the molecule is CN(CC(=O)N[C@@H](Cc1ccccc1)C1CC(O)C1)Cc1ccccc1F. The van der Waals surface area contributed by atoms with Gasteiger partial charge in [-0.3, -0.25) is 9.69 Å². The van der Waals surface area contributed by atoms with E-state index in [2.05, 4.69) is 17.4 Å². The molecule has 2 aromatic rings. The summed E-state index contributed by atoms with van der Waals surface area (Å²) in [7, 11) is 1.81. The first-order valence-electron chi connectivity index (χ1n) is 9.44. The molecular weight excluding hydrogens is 343 g/mol. The molecular formula is C22H27FN2O2. The first-order valence-corrected chi connectivity index (χ1v) is 9.44. The number of carbonyl (C=O) groups excluding carboxylic acids is 1. The highest BCUT2D eigenvalue weighted by atomic mass is 19.1. The fraction of sp³-hybridized carbons (Fsp3) is 0.409. The van der Waals surface area contributed by atoms with Gasteiger partial charge in [-0.05, 0) is 43.9 Å². The largest absolute Gasteiger partial charge is 0.393 e. The summed E-state index contributed by atoms with van der Waals surface area (Å²) in [4.78, 5) is 14.4. The lowest BCUT2D eigenvalue weighted by Gasteiger charge is -2.38. The molecule has 2 aromatic carbocycles. The summed E-state index contributed by atoms with van der Waals surface area (Å²) in [5.74, 6) is -0.0349. The quantitative estimate of drug-likeness (QED) is 0.751. The van der Waals surface area contributed by atoms with E-state index in [0.717, 1.165) is 19.3 Å². The molecule has 5 heteroatoms. The van der Waals surface area contributed by atoms with Crippen LogP contribution in [0.15, 0.2) is 54.6 Å². The van der Waals surface area contributed by atoms with E-state index in [1.165, 1.54) is 11.6 Å². The number of benzene rings is 2. The van der Waals surface area contributed by atoms with E-state index in [1.54, 1.807) is 18.2 Å². The van der Waals surface area contributed by atoms with Crippen LogP contribution >= 0.6 is 0 Å². The first-order chi connectivity index (χ1) is 13.0. The van der Waals surface area contributed by atoms with Crippen LogP contribution in [-0.2, 0) is 17.8 Å². The number of rotatable bonds is 8. The number of likely N-dealkylation sites (N-methyl/N-ethyl adjacent to an activating group) is 1. The molecule has 0 radical (unpaired) electrons. The third kappa shape index (κ3) is 5.62. The van der Waals surface area contributed by atoms with Crippen LogP contribution in [-0.4, -0.2) is 41.7 Å². The summed E-state index contributed by atoms with van der Waals surface area (Å²) in [5.41, 5.74) is 1.75. The third-order valence-electron chi connectivity index (χ3n) is 5.18. The Kier molecular flexibility index (Phi) is 6.58. The molecule has 0 saturated heterocycles. The highest BCUT2D eigenvalue weighted by Gasteiger charge is 2.34. The lowest BCUT2D eigenvalue weighted by atomic mass is 9.75. The number of nitrogens with one attached hydrogen (secondary N) is 1. The molecule has 0 aromatic heterocycles. The molecule has 144 valence electrons. The molecule has 2 N–H and O–H groups in total. The van der Waals surface area contributed by atoms with Gasteiger partial charge in [-0.15, -0.1) is 0 Å². The molecule has 0 bridgehead atoms. The normalized spacial score (nSPS) is 20.1. The molecule has 1 amide bonds. The van der Waals surface area contributed by atoms with Gasteiger partial charge in [0, 0.05) is 18.2 Å². The van der Waals surface area contributed by atoms with E-state index in [4.69, 9.17) is 0 Å². The van der Waals surface area contributed by atoms with Crippen molar-refractivity contribution in [2.45, 2.75) is 38.0 Å². The predicted octanol–water partition coefficient (Wildman–Crippen LogP) is 2.76. The Hall–Kier alpha value is -2.24. The van der Waals surface area contributed by atoms with Crippen LogP contribution in [0.3, 0.4) is 0 Å². The second-order valence-electron chi connectivity index (χ2n) is 7.51. The van der Waals surface area contributed by atoms with Crippen molar-refractivity contribution in [3.8, 4) is 0 Å². The van der Waals surface area contributed by atoms with Gasteiger partial charge < -0.3 is 10.4 Å². The second-order valence-corrected chi connectivity index (χ2v) is 7.51. The van der Waals surface area contributed by atoms with Gasteiger partial charge >= 0.3 is 0 Å². The van der Waals surface area contributed by atoms with Gasteiger partial charge in [0.15, 0.2) is 0 Å². The van der Waals surface area contributed by atoms with Gasteiger partial charge in [-0.1, -0.05) is 48.5 Å². The molecule has 1 aliphatic carbocycles. The Morgan fingerprint density at radius 1 is 1.19 bits per heavy atom. The van der Waals surface area contributed by atoms with E-state index in [1.807, 2.05) is 30.1 Å². The van der Waals surface area contributed by atoms with E-state index < -0.39 is 0 Å². The Morgan fingerprint density at radius 3 is 2.52 bits per heavy atom. The van der Waals surface area contributed by atoms with Crippen molar-refractivity contribution in [1.29, 1.82) is 0 Å². The number of aliphatic hydroxyl groups excluding tert-OH is 1. The maximum absolute atomic E-state index is 13.8. The van der Waals surface area contributed by atoms with Gasteiger partial charge in [0.25, 0.3) is 0 Å². The number of nitrogens with zero attached hydrogens (tertiary/aromatic N) is 1. The van der Waals surface area contributed by atoms with E-state index in [9.17, 15) is 14.3 Å². The zero-order chi connectivity index (χ0) is 19.2. The van der Waals surface area contributed by atoms with Crippen molar-refractivity contribution in [2.75, 3.05) is 13.6 Å². The Morgan fingerprint density at radius 2 is 1.85 bits per heavy atom. The highest BCUT2D eigenvalue weighted by Crippen LogP contribution is 2.31. The van der Waals surface area contributed by atoms with Crippen molar-refractivity contribution in [3.63, 3.8) is 0 Å². The lowest BCUT2D eigenvalue weighted by molar-refractivity contribution is -0.123.